The van der Waals surface area contributed by atoms with Crippen molar-refractivity contribution in [1.29, 1.82) is 0 Å². The van der Waals surface area contributed by atoms with E-state index in [2.05, 4.69) is 4.99 Å². The van der Waals surface area contributed by atoms with E-state index in [1.807, 2.05) is 6.07 Å². The number of benzene rings is 4. The second-order valence-corrected chi connectivity index (χ2v) is 14.5. The fourth-order valence-corrected chi connectivity index (χ4v) is 12.7. The van der Waals surface area contributed by atoms with E-state index in [9.17, 15) is 14.0 Å². The summed E-state index contributed by atoms with van der Waals surface area (Å²) in [4.78, 5) is 4.63. The molecule has 0 radical (unpaired) electrons. The zero-order valence-corrected chi connectivity index (χ0v) is 23.0. The van der Waals surface area contributed by atoms with E-state index in [4.69, 9.17) is 38.9 Å². The third-order valence-corrected chi connectivity index (χ3v) is 13.4. The van der Waals surface area contributed by atoms with Crippen LogP contribution in [0.2, 0.25) is 0 Å². The molecule has 0 unspecified atom stereocenters. The normalized spacial score (nSPS) is 13.5. The van der Waals surface area contributed by atoms with Crippen molar-refractivity contribution in [2.75, 3.05) is 0 Å². The number of aliphatic imine (C=N–C) groups is 1. The van der Waals surface area contributed by atoms with Crippen LogP contribution in [0.1, 0.15) is 5.56 Å². The van der Waals surface area contributed by atoms with E-state index in [1.54, 1.807) is 115 Å². The Labute approximate surface area is 232 Å². The zero-order valence-electron chi connectivity index (χ0n) is 19.1. The third kappa shape index (κ3) is 5.21. The van der Waals surface area contributed by atoms with Crippen molar-refractivity contribution in [3.8, 4) is 0 Å². The van der Waals surface area contributed by atoms with E-state index in [-0.39, 0.29) is 10.6 Å². The third-order valence-electron chi connectivity index (χ3n) is 5.76. The van der Waals surface area contributed by atoms with Crippen LogP contribution in [0, 0.1) is 10.2 Å². The van der Waals surface area contributed by atoms with Gasteiger partial charge < -0.3 is 0 Å². The van der Waals surface area contributed by atoms with Crippen LogP contribution in [0.5, 0.6) is 0 Å². The Bertz CT molecular complexity index is 1310. The molecule has 0 N–H and O–H groups in total. The molecule has 0 aliphatic heterocycles. The molecular weight excluding hydrogens is 575 g/mol. The molecule has 0 atom stereocenters. The number of rotatable bonds is 8. The molecule has 190 valence electrons. The predicted octanol–water partition coefficient (Wildman–Crippen LogP) is 3.63. The summed E-state index contributed by atoms with van der Waals surface area (Å²) in [5.41, 5.74) is 0.322. The summed E-state index contributed by atoms with van der Waals surface area (Å²) < 4.78 is 43.5. The quantitative estimate of drug-likeness (QED) is 0.230. The minimum atomic E-state index is -5.10. The van der Waals surface area contributed by atoms with Crippen LogP contribution in [0.25, 0.3) is 0 Å². The zero-order chi connectivity index (χ0) is 26.5. The Hall–Kier alpha value is -2.28. The van der Waals surface area contributed by atoms with Crippen molar-refractivity contribution >= 4 is 62.7 Å². The predicted molar refractivity (Wildman–Crippen MR) is 144 cm³/mol. The second kappa shape index (κ2) is 11.2. The molecule has 0 amide bonds. The Morgan fingerprint density at radius 3 is 1.27 bits per heavy atom. The van der Waals surface area contributed by atoms with Gasteiger partial charge in [-0.2, -0.15) is 0 Å². The topological polar surface area (TPSA) is 90.8 Å². The van der Waals surface area contributed by atoms with Crippen LogP contribution in [0.15, 0.2) is 136 Å². The minimum absolute atomic E-state index is 0.0326. The van der Waals surface area contributed by atoms with Gasteiger partial charge in [0.25, 0.3) is 0 Å². The van der Waals surface area contributed by atoms with Crippen LogP contribution >= 0.6 is 41.6 Å². The van der Waals surface area contributed by atoms with E-state index in [1.165, 1.54) is 0 Å². The molecule has 0 aromatic heterocycles. The average Bonchev–Trinajstić information content (AvgIpc) is 2.92. The van der Waals surface area contributed by atoms with Gasteiger partial charge in [-0.25, -0.2) is 0 Å². The van der Waals surface area contributed by atoms with E-state index in [0.717, 1.165) is 0 Å². The fraction of sp³-hybridized carbons (Fsp3) is 0. The number of nitrogens with zero attached hydrogens (tertiary/aromatic N) is 1. The van der Waals surface area contributed by atoms with Crippen LogP contribution in [0.3, 0.4) is 0 Å². The fourth-order valence-electron chi connectivity index (χ4n) is 4.30. The molecule has 0 saturated carbocycles. The van der Waals surface area contributed by atoms with Gasteiger partial charge in [0.1, 0.15) is 0 Å². The molecule has 0 spiro atoms. The van der Waals surface area contributed by atoms with Gasteiger partial charge in [0.15, 0.2) is 0 Å². The maximum atomic E-state index is 12.7. The Kier molecular flexibility index (Phi) is 8.41. The molecule has 0 aliphatic rings. The SMILES string of the molecule is [O-][Cl+3]([O-])([O-])OP(C(/N=C(\Cl)c1ccccc1)=C(Cl)Cl)(c1ccccc1)(c1ccccc1)c1ccccc1. The Balaban J connectivity index is 2.30. The first-order valence-electron chi connectivity index (χ1n) is 10.9. The monoisotopic (exact) mass is 593 g/mol. The van der Waals surface area contributed by atoms with Crippen molar-refractivity contribution in [2.45, 2.75) is 0 Å². The van der Waals surface area contributed by atoms with Crippen molar-refractivity contribution < 1.29 is 28.3 Å². The molecule has 37 heavy (non-hydrogen) atoms. The van der Waals surface area contributed by atoms with Gasteiger partial charge in [0.05, 0.1) is 0 Å². The molecule has 0 saturated heterocycles. The maximum absolute atomic E-state index is 12.7. The van der Waals surface area contributed by atoms with Crippen LogP contribution < -0.4 is 29.9 Å². The second-order valence-electron chi connectivity index (χ2n) is 7.84. The van der Waals surface area contributed by atoms with E-state index < -0.39 is 21.6 Å². The molecule has 4 aromatic carbocycles. The van der Waals surface area contributed by atoms with Gasteiger partial charge in [-0.15, -0.1) is 0 Å². The van der Waals surface area contributed by atoms with Crippen molar-refractivity contribution in [1.82, 2.24) is 0 Å². The van der Waals surface area contributed by atoms with Crippen molar-refractivity contribution in [2.24, 2.45) is 4.99 Å². The standard InChI is InChI=1S/C27H20Cl4NO4P/c28-25(29)27(32-26(30)21-13-5-1-6-14-21)37(36-31(33,34)35,22-15-7-2-8-16-22,23-17-9-3-10-18-23)24-19-11-4-12-20-24/h1-20H/b32-26-. The van der Waals surface area contributed by atoms with Gasteiger partial charge in [-0.1, -0.05) is 0 Å². The molecule has 0 bridgehead atoms. The first-order chi connectivity index (χ1) is 17.7. The average molecular weight is 595 g/mol. The van der Waals surface area contributed by atoms with Gasteiger partial charge in [-0.3, -0.25) is 0 Å². The van der Waals surface area contributed by atoms with Crippen molar-refractivity contribution in [3.63, 3.8) is 0 Å². The summed E-state index contributed by atoms with van der Waals surface area (Å²) in [6.45, 7) is -5.10. The first-order valence-corrected chi connectivity index (χ1v) is 15.4. The van der Waals surface area contributed by atoms with Gasteiger partial charge in [0, 0.05) is 0 Å². The van der Waals surface area contributed by atoms with Crippen LogP contribution in [0.4, 0.5) is 0 Å². The summed E-state index contributed by atoms with van der Waals surface area (Å²) in [5.74, 6) is 0. The molecule has 0 fully saturated rings. The number of hydrogen-bond donors (Lipinski definition) is 0. The summed E-state index contributed by atoms with van der Waals surface area (Å²) in [5, 5.41) is 0.948. The number of halogens is 4. The molecule has 0 heterocycles. The molecular formula is C27H20Cl4NO4P. The summed E-state index contributed by atoms with van der Waals surface area (Å²) in [6, 6.07) is 34.1. The number of hydrogen-bond acceptors (Lipinski definition) is 5. The van der Waals surface area contributed by atoms with Crippen LogP contribution in [-0.2, 0) is 4.08 Å². The van der Waals surface area contributed by atoms with E-state index in [0.29, 0.717) is 21.5 Å². The summed E-state index contributed by atoms with van der Waals surface area (Å²) in [7, 11) is -5.08. The molecule has 10 heteroatoms. The van der Waals surface area contributed by atoms with Crippen molar-refractivity contribution in [3.05, 3.63) is 137 Å². The van der Waals surface area contributed by atoms with Crippen LogP contribution in [-0.4, -0.2) is 5.17 Å². The summed E-state index contributed by atoms with van der Waals surface area (Å²) >= 11 is 19.8. The van der Waals surface area contributed by atoms with Gasteiger partial charge >= 0.3 is 233 Å². The summed E-state index contributed by atoms with van der Waals surface area (Å²) in [6.07, 6.45) is 0. The molecule has 4 rings (SSSR count). The molecule has 5 nitrogen and oxygen atoms in total. The Morgan fingerprint density at radius 2 is 0.946 bits per heavy atom. The van der Waals surface area contributed by atoms with Gasteiger partial charge in [0.2, 0.25) is 0 Å². The Morgan fingerprint density at radius 1 is 0.595 bits per heavy atom. The van der Waals surface area contributed by atoms with E-state index >= 15 is 0 Å². The van der Waals surface area contributed by atoms with Gasteiger partial charge in [-0.05, 0) is 0 Å². The molecule has 0 aliphatic carbocycles. The first kappa shape index (κ1) is 27.7. The molecule has 4 aromatic rings.